The van der Waals surface area contributed by atoms with Crippen LogP contribution in [-0.2, 0) is 14.3 Å². The summed E-state index contributed by atoms with van der Waals surface area (Å²) in [6, 6.07) is 10.0. The van der Waals surface area contributed by atoms with Gasteiger partial charge in [-0.25, -0.2) is 0 Å². The Bertz CT molecular complexity index is 540. The molecule has 1 aromatic rings. The first kappa shape index (κ1) is 16.7. The largest absolute Gasteiger partial charge is 0.393 e. The number of hydrogen-bond acceptors (Lipinski definition) is 3. The Balaban J connectivity index is 2.45. The molecular formula is C19H26O3. The molecule has 1 aliphatic rings. The second kappa shape index (κ2) is 6.23. The van der Waals surface area contributed by atoms with Gasteiger partial charge in [0.25, 0.3) is 0 Å². The molecular weight excluding hydrogens is 276 g/mol. The highest BCUT2D eigenvalue weighted by atomic mass is 16.6. The molecule has 0 radical (unpaired) electrons. The highest BCUT2D eigenvalue weighted by Crippen LogP contribution is 2.46. The first-order valence-electron chi connectivity index (χ1n) is 8.02. The first-order valence-corrected chi connectivity index (χ1v) is 8.02. The van der Waals surface area contributed by atoms with Crippen molar-refractivity contribution >= 4 is 11.9 Å². The number of ether oxygens (including phenoxy) is 1. The Morgan fingerprint density at radius 1 is 1.05 bits per heavy atom. The maximum absolute atomic E-state index is 12.4. The monoisotopic (exact) mass is 302 g/mol. The number of rotatable bonds is 4. The van der Waals surface area contributed by atoms with E-state index >= 15 is 0 Å². The lowest BCUT2D eigenvalue weighted by Crippen LogP contribution is -2.34. The Labute approximate surface area is 133 Å². The van der Waals surface area contributed by atoms with E-state index in [1.165, 1.54) is 0 Å². The predicted octanol–water partition coefficient (Wildman–Crippen LogP) is 4.18. The molecule has 0 aliphatic carbocycles. The minimum Gasteiger partial charge on any atom is -0.393 e. The van der Waals surface area contributed by atoms with Crippen LogP contribution < -0.4 is 0 Å². The predicted molar refractivity (Wildman–Crippen MR) is 86.2 cm³/mol. The number of esters is 2. The SMILES string of the molecule is CC(C)CC(c1ccccc1)C1C(=O)OC(=O)C1C(C)(C)C. The molecule has 3 unspecified atom stereocenters. The molecule has 0 aromatic heterocycles. The molecule has 120 valence electrons. The lowest BCUT2D eigenvalue weighted by atomic mass is 9.67. The maximum atomic E-state index is 12.4. The zero-order valence-corrected chi connectivity index (χ0v) is 14.1. The summed E-state index contributed by atoms with van der Waals surface area (Å²) < 4.78 is 5.02. The number of carbonyl (C=O) groups excluding carboxylic acids is 2. The normalized spacial score (nSPS) is 23.7. The molecule has 3 atom stereocenters. The molecule has 1 aromatic carbocycles. The van der Waals surface area contributed by atoms with Crippen molar-refractivity contribution in [2.24, 2.45) is 23.2 Å². The third-order valence-corrected chi connectivity index (χ3v) is 4.41. The van der Waals surface area contributed by atoms with Crippen LogP contribution in [0.25, 0.3) is 0 Å². The van der Waals surface area contributed by atoms with Gasteiger partial charge in [-0.3, -0.25) is 9.59 Å². The van der Waals surface area contributed by atoms with Crippen LogP contribution in [0.2, 0.25) is 0 Å². The Kier molecular flexibility index (Phi) is 4.74. The van der Waals surface area contributed by atoms with Crippen LogP contribution in [0.5, 0.6) is 0 Å². The lowest BCUT2D eigenvalue weighted by Gasteiger charge is -2.33. The molecule has 2 rings (SSSR count). The Morgan fingerprint density at radius 2 is 1.64 bits per heavy atom. The van der Waals surface area contributed by atoms with Crippen molar-refractivity contribution < 1.29 is 14.3 Å². The van der Waals surface area contributed by atoms with Crippen LogP contribution in [0.4, 0.5) is 0 Å². The zero-order valence-electron chi connectivity index (χ0n) is 14.1. The van der Waals surface area contributed by atoms with E-state index in [0.29, 0.717) is 5.92 Å². The van der Waals surface area contributed by atoms with Gasteiger partial charge in [0.05, 0.1) is 11.8 Å². The molecule has 3 heteroatoms. The van der Waals surface area contributed by atoms with Crippen molar-refractivity contribution in [2.75, 3.05) is 0 Å². The molecule has 1 saturated heterocycles. The zero-order chi connectivity index (χ0) is 16.5. The highest BCUT2D eigenvalue weighted by Gasteiger charge is 2.53. The molecule has 0 bridgehead atoms. The van der Waals surface area contributed by atoms with Gasteiger partial charge in [0.2, 0.25) is 0 Å². The second-order valence-electron chi connectivity index (χ2n) is 7.76. The van der Waals surface area contributed by atoms with Gasteiger partial charge in [-0.1, -0.05) is 65.0 Å². The maximum Gasteiger partial charge on any atom is 0.318 e. The smallest absolute Gasteiger partial charge is 0.318 e. The van der Waals surface area contributed by atoms with Gasteiger partial charge in [0.15, 0.2) is 0 Å². The van der Waals surface area contributed by atoms with E-state index in [1.54, 1.807) is 0 Å². The third-order valence-electron chi connectivity index (χ3n) is 4.41. The summed E-state index contributed by atoms with van der Waals surface area (Å²) in [5, 5.41) is 0. The van der Waals surface area contributed by atoms with Crippen molar-refractivity contribution in [1.29, 1.82) is 0 Å². The van der Waals surface area contributed by atoms with E-state index in [-0.39, 0.29) is 29.2 Å². The van der Waals surface area contributed by atoms with E-state index in [0.717, 1.165) is 12.0 Å². The van der Waals surface area contributed by atoms with Crippen LogP contribution in [-0.4, -0.2) is 11.9 Å². The van der Waals surface area contributed by atoms with E-state index in [2.05, 4.69) is 13.8 Å². The standard InChI is InChI=1S/C19H26O3/c1-12(2)11-14(13-9-7-6-8-10-13)15-16(19(3,4)5)18(21)22-17(15)20/h6-10,12,14-16H,11H2,1-5H3. The van der Waals surface area contributed by atoms with Crippen molar-refractivity contribution in [2.45, 2.75) is 47.0 Å². The van der Waals surface area contributed by atoms with E-state index in [1.807, 2.05) is 51.1 Å². The number of cyclic esters (lactones) is 2. The van der Waals surface area contributed by atoms with Crippen LogP contribution in [0.3, 0.4) is 0 Å². The van der Waals surface area contributed by atoms with Crippen molar-refractivity contribution in [1.82, 2.24) is 0 Å². The highest BCUT2D eigenvalue weighted by molar-refractivity contribution is 5.97. The summed E-state index contributed by atoms with van der Waals surface area (Å²) in [6.07, 6.45) is 0.865. The van der Waals surface area contributed by atoms with E-state index in [9.17, 15) is 9.59 Å². The van der Waals surface area contributed by atoms with Gasteiger partial charge in [0, 0.05) is 0 Å². The topological polar surface area (TPSA) is 43.4 Å². The summed E-state index contributed by atoms with van der Waals surface area (Å²) in [7, 11) is 0. The van der Waals surface area contributed by atoms with Crippen molar-refractivity contribution in [3.63, 3.8) is 0 Å². The second-order valence-corrected chi connectivity index (χ2v) is 7.76. The summed E-state index contributed by atoms with van der Waals surface area (Å²) in [5.74, 6) is -1.05. The van der Waals surface area contributed by atoms with Gasteiger partial charge in [-0.05, 0) is 29.2 Å². The van der Waals surface area contributed by atoms with Crippen LogP contribution >= 0.6 is 0 Å². The quantitative estimate of drug-likeness (QED) is 0.619. The van der Waals surface area contributed by atoms with Crippen LogP contribution in [0.1, 0.15) is 52.5 Å². The van der Waals surface area contributed by atoms with Gasteiger partial charge < -0.3 is 4.74 Å². The van der Waals surface area contributed by atoms with Gasteiger partial charge in [-0.2, -0.15) is 0 Å². The summed E-state index contributed by atoms with van der Waals surface area (Å²) in [5.41, 5.74) is 0.819. The average molecular weight is 302 g/mol. The fourth-order valence-electron chi connectivity index (χ4n) is 3.50. The fourth-order valence-corrected chi connectivity index (χ4v) is 3.50. The molecule has 3 nitrogen and oxygen atoms in total. The summed E-state index contributed by atoms with van der Waals surface area (Å²) >= 11 is 0. The Morgan fingerprint density at radius 3 is 2.14 bits per heavy atom. The van der Waals surface area contributed by atoms with Crippen molar-refractivity contribution in [3.8, 4) is 0 Å². The van der Waals surface area contributed by atoms with E-state index in [4.69, 9.17) is 4.74 Å². The molecule has 1 fully saturated rings. The fraction of sp³-hybridized carbons (Fsp3) is 0.579. The molecule has 0 saturated carbocycles. The third kappa shape index (κ3) is 3.40. The molecule has 0 spiro atoms. The van der Waals surface area contributed by atoms with Gasteiger partial charge in [-0.15, -0.1) is 0 Å². The minimum absolute atomic E-state index is 0.0179. The van der Waals surface area contributed by atoms with E-state index < -0.39 is 5.92 Å². The number of benzene rings is 1. The number of hydrogen-bond donors (Lipinski definition) is 0. The lowest BCUT2D eigenvalue weighted by molar-refractivity contribution is -0.154. The van der Waals surface area contributed by atoms with Crippen molar-refractivity contribution in [3.05, 3.63) is 35.9 Å². The number of carbonyl (C=O) groups is 2. The molecule has 0 N–H and O–H groups in total. The Hall–Kier alpha value is -1.64. The molecule has 22 heavy (non-hydrogen) atoms. The van der Waals surface area contributed by atoms with Gasteiger partial charge in [0.1, 0.15) is 0 Å². The average Bonchev–Trinajstić information content (AvgIpc) is 2.71. The van der Waals surface area contributed by atoms with Crippen LogP contribution in [0.15, 0.2) is 30.3 Å². The van der Waals surface area contributed by atoms with Gasteiger partial charge >= 0.3 is 11.9 Å². The molecule has 1 heterocycles. The van der Waals surface area contributed by atoms with Crippen LogP contribution in [0, 0.1) is 23.2 Å². The molecule has 0 amide bonds. The summed E-state index contributed by atoms with van der Waals surface area (Å²) in [6.45, 7) is 10.3. The minimum atomic E-state index is -0.391. The first-order chi connectivity index (χ1) is 10.2. The molecule has 1 aliphatic heterocycles. The summed E-state index contributed by atoms with van der Waals surface area (Å²) in [4.78, 5) is 24.6.